The van der Waals surface area contributed by atoms with Crippen LogP contribution >= 0.6 is 0 Å². The van der Waals surface area contributed by atoms with Crippen molar-refractivity contribution in [1.82, 2.24) is 0 Å². The van der Waals surface area contributed by atoms with Crippen molar-refractivity contribution < 1.29 is 0 Å². The molecule has 8 rings (SSSR count). The summed E-state index contributed by atoms with van der Waals surface area (Å²) in [5.74, 6) is 0. The van der Waals surface area contributed by atoms with Crippen LogP contribution in [0.25, 0.3) is 44.2 Å². The predicted molar refractivity (Wildman–Crippen MR) is 192 cm³/mol. The van der Waals surface area contributed by atoms with Crippen molar-refractivity contribution in [2.45, 2.75) is 26.2 Å². The fourth-order valence-electron chi connectivity index (χ4n) is 7.39. The molecule has 0 aliphatic heterocycles. The molecule has 0 atom stereocenters. The number of benzene rings is 7. The van der Waals surface area contributed by atoms with Gasteiger partial charge in [-0.3, -0.25) is 0 Å². The summed E-state index contributed by atoms with van der Waals surface area (Å²) in [4.78, 5) is 2.49. The molecule has 0 fully saturated rings. The van der Waals surface area contributed by atoms with Gasteiger partial charge in [0, 0.05) is 22.2 Å². The van der Waals surface area contributed by atoms with Crippen molar-refractivity contribution in [3.63, 3.8) is 0 Å². The average Bonchev–Trinajstić information content (AvgIpc) is 3.32. The van der Waals surface area contributed by atoms with Crippen LogP contribution < -0.4 is 4.90 Å². The molecular weight excluding hydrogens is 542 g/mol. The predicted octanol–water partition coefficient (Wildman–Crippen LogP) is 12.3. The van der Waals surface area contributed by atoms with Crippen LogP contribution in [0.15, 0.2) is 158 Å². The van der Waals surface area contributed by atoms with Gasteiger partial charge in [-0.05, 0) is 80.9 Å². The number of aryl methyl sites for hydroxylation is 1. The molecule has 1 aliphatic carbocycles. The third-order valence-electron chi connectivity index (χ3n) is 9.59. The molecule has 0 saturated heterocycles. The van der Waals surface area contributed by atoms with Gasteiger partial charge < -0.3 is 4.90 Å². The van der Waals surface area contributed by atoms with E-state index in [2.05, 4.69) is 183 Å². The molecule has 45 heavy (non-hydrogen) atoms. The number of hydrogen-bond donors (Lipinski definition) is 0. The molecule has 7 aromatic carbocycles. The third-order valence-corrected chi connectivity index (χ3v) is 9.59. The molecule has 0 amide bonds. The second-order valence-corrected chi connectivity index (χ2v) is 12.6. The lowest BCUT2D eigenvalue weighted by atomic mass is 9.82. The van der Waals surface area contributed by atoms with Crippen LogP contribution in [0, 0.1) is 6.92 Å². The normalized spacial score (nSPS) is 13.0. The Kier molecular flexibility index (Phi) is 6.43. The van der Waals surface area contributed by atoms with E-state index in [1.807, 2.05) is 0 Å². The summed E-state index contributed by atoms with van der Waals surface area (Å²) < 4.78 is 0. The minimum absolute atomic E-state index is 0.108. The molecule has 0 radical (unpaired) electrons. The first-order valence-electron chi connectivity index (χ1n) is 15.8. The first-order chi connectivity index (χ1) is 22.0. The molecule has 0 spiro atoms. The Bertz CT molecular complexity index is 2190. The molecular formula is C44H35N. The molecule has 0 aromatic heterocycles. The van der Waals surface area contributed by atoms with Crippen molar-refractivity contribution in [3.05, 3.63) is 174 Å². The SMILES string of the molecule is Cc1cccc2c1-c1ccc(N(c3ccccc3-c3ccccc3)c3ccc4ccccc4c3-c3ccccc3)cc1C2(C)C. The van der Waals surface area contributed by atoms with E-state index in [0.717, 1.165) is 17.1 Å². The summed E-state index contributed by atoms with van der Waals surface area (Å²) in [6.07, 6.45) is 0. The highest BCUT2D eigenvalue weighted by molar-refractivity contribution is 6.06. The number of fused-ring (bicyclic) bond motifs is 4. The molecule has 1 heteroatoms. The second-order valence-electron chi connectivity index (χ2n) is 12.6. The van der Waals surface area contributed by atoms with Gasteiger partial charge in [0.15, 0.2) is 0 Å². The van der Waals surface area contributed by atoms with E-state index in [-0.39, 0.29) is 5.41 Å². The Morgan fingerprint density at radius 2 is 1.16 bits per heavy atom. The lowest BCUT2D eigenvalue weighted by Gasteiger charge is -2.32. The Balaban J connectivity index is 1.45. The molecule has 0 unspecified atom stereocenters. The van der Waals surface area contributed by atoms with Crippen molar-refractivity contribution >= 4 is 27.8 Å². The molecule has 0 heterocycles. The summed E-state index contributed by atoms with van der Waals surface area (Å²) >= 11 is 0. The molecule has 0 N–H and O–H groups in total. The van der Waals surface area contributed by atoms with Crippen molar-refractivity contribution in [2.24, 2.45) is 0 Å². The quantitative estimate of drug-likeness (QED) is 0.197. The lowest BCUT2D eigenvalue weighted by Crippen LogP contribution is -2.17. The second kappa shape index (κ2) is 10.6. The van der Waals surface area contributed by atoms with E-state index in [4.69, 9.17) is 0 Å². The van der Waals surface area contributed by atoms with E-state index in [1.165, 1.54) is 60.8 Å². The smallest absolute Gasteiger partial charge is 0.0546 e. The van der Waals surface area contributed by atoms with Crippen LogP contribution in [0.2, 0.25) is 0 Å². The fourth-order valence-corrected chi connectivity index (χ4v) is 7.39. The minimum Gasteiger partial charge on any atom is -0.309 e. The maximum absolute atomic E-state index is 2.49. The van der Waals surface area contributed by atoms with Gasteiger partial charge in [0.2, 0.25) is 0 Å². The van der Waals surface area contributed by atoms with Crippen LogP contribution in [-0.2, 0) is 5.41 Å². The summed E-state index contributed by atoms with van der Waals surface area (Å²) in [5.41, 5.74) is 15.0. The van der Waals surface area contributed by atoms with Gasteiger partial charge >= 0.3 is 0 Å². The van der Waals surface area contributed by atoms with Crippen molar-refractivity contribution in [2.75, 3.05) is 4.90 Å². The van der Waals surface area contributed by atoms with E-state index >= 15 is 0 Å². The van der Waals surface area contributed by atoms with E-state index in [9.17, 15) is 0 Å². The molecule has 0 saturated carbocycles. The van der Waals surface area contributed by atoms with Crippen LogP contribution in [0.3, 0.4) is 0 Å². The van der Waals surface area contributed by atoms with E-state index in [1.54, 1.807) is 0 Å². The van der Waals surface area contributed by atoms with Gasteiger partial charge in [-0.15, -0.1) is 0 Å². The minimum atomic E-state index is -0.108. The zero-order chi connectivity index (χ0) is 30.5. The van der Waals surface area contributed by atoms with Crippen molar-refractivity contribution in [1.29, 1.82) is 0 Å². The summed E-state index contributed by atoms with van der Waals surface area (Å²) in [6.45, 7) is 6.98. The Morgan fingerprint density at radius 3 is 1.96 bits per heavy atom. The number of hydrogen-bond acceptors (Lipinski definition) is 1. The standard InChI is InChI=1S/C44H35N/c1-30-15-14-23-38-42(30)37-27-26-34(29-39(37)44(38,2)3)45(40-24-13-12-21-35(40)31-16-6-4-7-17-31)41-28-25-32-18-10-11-22-36(32)43(41)33-19-8-5-9-20-33/h4-29H,1-3H3. The number of para-hydroxylation sites is 1. The van der Waals surface area contributed by atoms with Gasteiger partial charge in [0.25, 0.3) is 0 Å². The zero-order valence-corrected chi connectivity index (χ0v) is 26.0. The average molecular weight is 578 g/mol. The highest BCUT2D eigenvalue weighted by Crippen LogP contribution is 2.53. The lowest BCUT2D eigenvalue weighted by molar-refractivity contribution is 0.660. The van der Waals surface area contributed by atoms with Gasteiger partial charge in [-0.1, -0.05) is 147 Å². The number of nitrogens with zero attached hydrogens (tertiary/aromatic N) is 1. The Hall–Kier alpha value is -5.40. The molecule has 0 bridgehead atoms. The molecule has 216 valence electrons. The third kappa shape index (κ3) is 4.38. The topological polar surface area (TPSA) is 3.24 Å². The molecule has 1 aliphatic rings. The zero-order valence-electron chi connectivity index (χ0n) is 26.0. The van der Waals surface area contributed by atoms with Crippen LogP contribution in [0.5, 0.6) is 0 Å². The molecule has 1 nitrogen and oxygen atoms in total. The van der Waals surface area contributed by atoms with Gasteiger partial charge in [0.1, 0.15) is 0 Å². The van der Waals surface area contributed by atoms with Crippen LogP contribution in [0.1, 0.15) is 30.5 Å². The summed E-state index contributed by atoms with van der Waals surface area (Å²) in [5, 5.41) is 2.48. The first kappa shape index (κ1) is 27.2. The van der Waals surface area contributed by atoms with Crippen LogP contribution in [-0.4, -0.2) is 0 Å². The maximum atomic E-state index is 2.49. The van der Waals surface area contributed by atoms with E-state index in [0.29, 0.717) is 0 Å². The fraction of sp³-hybridized carbons (Fsp3) is 0.0909. The summed E-state index contributed by atoms with van der Waals surface area (Å²) in [6, 6.07) is 57.6. The first-order valence-corrected chi connectivity index (χ1v) is 15.8. The highest BCUT2D eigenvalue weighted by atomic mass is 15.1. The maximum Gasteiger partial charge on any atom is 0.0546 e. The largest absolute Gasteiger partial charge is 0.309 e. The molecule has 7 aromatic rings. The summed E-state index contributed by atoms with van der Waals surface area (Å²) in [7, 11) is 0. The monoisotopic (exact) mass is 577 g/mol. The number of rotatable bonds is 5. The van der Waals surface area contributed by atoms with Crippen LogP contribution in [0.4, 0.5) is 17.1 Å². The van der Waals surface area contributed by atoms with Gasteiger partial charge in [0.05, 0.1) is 11.4 Å². The Morgan fingerprint density at radius 1 is 0.467 bits per heavy atom. The number of anilines is 3. The van der Waals surface area contributed by atoms with E-state index < -0.39 is 0 Å². The highest BCUT2D eigenvalue weighted by Gasteiger charge is 2.37. The van der Waals surface area contributed by atoms with Gasteiger partial charge in [-0.25, -0.2) is 0 Å². The van der Waals surface area contributed by atoms with Gasteiger partial charge in [-0.2, -0.15) is 0 Å². The van der Waals surface area contributed by atoms with Crippen molar-refractivity contribution in [3.8, 4) is 33.4 Å². The Labute approximate surface area is 266 Å².